The van der Waals surface area contributed by atoms with E-state index in [9.17, 15) is 0 Å². The first-order valence-electron chi connectivity index (χ1n) is 10.7. The molecule has 3 rings (SSSR count). The summed E-state index contributed by atoms with van der Waals surface area (Å²) in [5.74, 6) is 0. The smallest absolute Gasteiger partial charge is 0.657 e. The number of hydrogen-bond acceptors (Lipinski definition) is 0. The number of para-hydroxylation sites is 2. The van der Waals surface area contributed by atoms with Crippen LogP contribution in [0.25, 0.3) is 5.32 Å². The Morgan fingerprint density at radius 3 is 2.03 bits per heavy atom. The minimum Gasteiger partial charge on any atom is -0.657 e. The second kappa shape index (κ2) is 14.3. The molecule has 0 amide bonds. The summed E-state index contributed by atoms with van der Waals surface area (Å²) >= 11 is 0. The summed E-state index contributed by atoms with van der Waals surface area (Å²) in [6, 6.07) is 13.7. The van der Waals surface area contributed by atoms with Crippen LogP contribution in [0.1, 0.15) is 62.3 Å². The predicted octanol–water partition coefficient (Wildman–Crippen LogP) is 8.05. The zero-order valence-electron chi connectivity index (χ0n) is 18.0. The third-order valence-corrected chi connectivity index (χ3v) is 10.2. The minimum absolute atomic E-state index is 0. The van der Waals surface area contributed by atoms with Gasteiger partial charge in [-0.25, -0.2) is 0 Å². The van der Waals surface area contributed by atoms with E-state index in [4.69, 9.17) is 5.32 Å². The summed E-state index contributed by atoms with van der Waals surface area (Å²) in [4.78, 5) is 0. The van der Waals surface area contributed by atoms with Gasteiger partial charge in [0.15, 0.2) is 0 Å². The molecule has 1 unspecified atom stereocenters. The van der Waals surface area contributed by atoms with Gasteiger partial charge in [0.25, 0.3) is 0 Å². The molecule has 1 atom stereocenters. The van der Waals surface area contributed by atoms with Crippen LogP contribution in [0.4, 0.5) is 11.4 Å². The maximum atomic E-state index is 5.28. The maximum absolute atomic E-state index is 5.28. The zero-order valence-corrected chi connectivity index (χ0v) is 22.7. The number of hydrogen-bond donors (Lipinski definition) is 0. The Labute approximate surface area is 204 Å². The molecular weight excluding hydrogens is 524 g/mol. The van der Waals surface area contributed by atoms with Gasteiger partial charge in [0, 0.05) is 24.7 Å². The molecule has 1 aliphatic rings. The molecule has 0 N–H and O–H groups in total. The van der Waals surface area contributed by atoms with Crippen molar-refractivity contribution < 1.29 is 36.3 Å². The van der Waals surface area contributed by atoms with Crippen molar-refractivity contribution in [3.63, 3.8) is 0 Å². The van der Waals surface area contributed by atoms with E-state index in [0.29, 0.717) is 0 Å². The van der Waals surface area contributed by atoms with Crippen molar-refractivity contribution in [1.29, 1.82) is 0 Å². The number of fused-ring (bicyclic) bond motifs is 2. The van der Waals surface area contributed by atoms with E-state index in [1.807, 2.05) is 0 Å². The Kier molecular flexibility index (Phi) is 13.5. The molecule has 2 radical (unpaired) electrons. The fourth-order valence-electron chi connectivity index (χ4n) is 4.14. The van der Waals surface area contributed by atoms with Gasteiger partial charge in [0.2, 0.25) is 0 Å². The number of nitrogens with zero attached hydrogens (tertiary/aromatic N) is 1. The first kappa shape index (κ1) is 27.3. The van der Waals surface area contributed by atoms with Crippen LogP contribution in [0.3, 0.4) is 0 Å². The Bertz CT molecular complexity index is 748. The molecule has 5 heteroatoms. The van der Waals surface area contributed by atoms with Crippen LogP contribution in [0.5, 0.6) is 0 Å². The summed E-state index contributed by atoms with van der Waals surface area (Å²) in [5, 5.41) is 5.28. The summed E-state index contributed by atoms with van der Waals surface area (Å²) in [5.41, 5.74) is 8.44. The predicted molar refractivity (Wildman–Crippen MR) is 128 cm³/mol. The molecule has 1 nitrogen and oxygen atoms in total. The van der Waals surface area contributed by atoms with Gasteiger partial charge in [-0.2, -0.15) is 0 Å². The van der Waals surface area contributed by atoms with E-state index in [2.05, 4.69) is 57.2 Å². The fourth-order valence-corrected chi connectivity index (χ4v) is 8.07. The number of benzene rings is 2. The Morgan fingerprint density at radius 2 is 1.45 bits per heavy atom. The van der Waals surface area contributed by atoms with E-state index >= 15 is 0 Å². The molecule has 1 aliphatic heterocycles. The van der Waals surface area contributed by atoms with Crippen LogP contribution in [0.15, 0.2) is 36.4 Å². The van der Waals surface area contributed by atoms with Gasteiger partial charge in [-0.1, -0.05) is 80.3 Å². The Hall–Kier alpha value is 0.230. The SMILES string of the molecule is CCCPCc1cccc2c1[N-]c1c(cccc1C[PH+](CCC)CCC)C2.[Co].[Ru+]. The van der Waals surface area contributed by atoms with Gasteiger partial charge in [-0.05, 0) is 37.1 Å². The standard InChI is InChI=1S/C24H34NP2.Co.Ru/c1-4-13-26-17-21-11-7-9-19-16-20-10-8-12-22(24(20)25-23(19)21)18-27(14-5-2)15-6-3;;/h7-12,26H,4-6,13-18H2,1-3H3;;/q-1;;+1/p+1. The molecule has 2 aromatic carbocycles. The van der Waals surface area contributed by atoms with Crippen molar-refractivity contribution in [2.75, 3.05) is 18.5 Å². The molecule has 2 aromatic rings. The van der Waals surface area contributed by atoms with Gasteiger partial charge >= 0.3 is 19.5 Å². The molecule has 0 fully saturated rings. The van der Waals surface area contributed by atoms with Gasteiger partial charge in [-0.3, -0.25) is 0 Å². The Balaban J connectivity index is 0.00000210. The molecule has 0 bridgehead atoms. The van der Waals surface area contributed by atoms with Gasteiger partial charge in [0.1, 0.15) is 0 Å². The third kappa shape index (κ3) is 7.40. The topological polar surface area (TPSA) is 14.1 Å². The average Bonchev–Trinajstić information content (AvgIpc) is 2.68. The zero-order chi connectivity index (χ0) is 19.1. The minimum atomic E-state index is -0.294. The summed E-state index contributed by atoms with van der Waals surface area (Å²) in [6.45, 7) is 6.96. The third-order valence-electron chi connectivity index (χ3n) is 5.40. The van der Waals surface area contributed by atoms with Crippen molar-refractivity contribution in [2.45, 2.75) is 58.8 Å². The molecule has 0 aromatic heterocycles. The average molecular weight is 560 g/mol. The van der Waals surface area contributed by atoms with E-state index in [0.717, 1.165) is 15.0 Å². The molecule has 0 spiro atoms. The molecule has 0 saturated carbocycles. The van der Waals surface area contributed by atoms with Crippen LogP contribution >= 0.6 is 16.5 Å². The van der Waals surface area contributed by atoms with Crippen LogP contribution < -0.4 is 0 Å². The van der Waals surface area contributed by atoms with Crippen molar-refractivity contribution in [3.05, 3.63) is 64.0 Å². The van der Waals surface area contributed by atoms with Crippen molar-refractivity contribution in [2.24, 2.45) is 0 Å². The second-order valence-electron chi connectivity index (χ2n) is 7.74. The molecule has 0 saturated heterocycles. The maximum Gasteiger partial charge on any atom is 1.00 e. The van der Waals surface area contributed by atoms with E-state index in [1.165, 1.54) is 83.7 Å². The van der Waals surface area contributed by atoms with Crippen molar-refractivity contribution in [3.8, 4) is 0 Å². The first-order chi connectivity index (χ1) is 13.3. The summed E-state index contributed by atoms with van der Waals surface area (Å²) in [7, 11) is 0.728. The largest absolute Gasteiger partial charge is 1.00 e. The Morgan fingerprint density at radius 1 is 0.862 bits per heavy atom. The van der Waals surface area contributed by atoms with Crippen molar-refractivity contribution >= 4 is 27.9 Å². The summed E-state index contributed by atoms with van der Waals surface area (Å²) in [6.07, 6.45) is 11.7. The normalized spacial score (nSPS) is 12.1. The van der Waals surface area contributed by atoms with E-state index in [-0.39, 0.29) is 44.2 Å². The molecule has 162 valence electrons. The van der Waals surface area contributed by atoms with Crippen LogP contribution in [0, 0.1) is 0 Å². The molecule has 1 heterocycles. The molecule has 0 aliphatic carbocycles. The molecule has 29 heavy (non-hydrogen) atoms. The molecular formula is C24H35CoNP2Ru+. The van der Waals surface area contributed by atoms with Gasteiger partial charge < -0.3 is 5.32 Å². The van der Waals surface area contributed by atoms with E-state index < -0.39 is 0 Å². The fraction of sp³-hybridized carbons (Fsp3) is 0.500. The van der Waals surface area contributed by atoms with Crippen LogP contribution in [-0.4, -0.2) is 18.5 Å². The van der Waals surface area contributed by atoms with Crippen LogP contribution in [0.2, 0.25) is 0 Å². The second-order valence-corrected chi connectivity index (χ2v) is 11.9. The van der Waals surface area contributed by atoms with E-state index in [1.54, 1.807) is 0 Å². The quantitative estimate of drug-likeness (QED) is 0.136. The monoisotopic (exact) mass is 560 g/mol. The first-order valence-corrected chi connectivity index (χ1v) is 14.3. The van der Waals surface area contributed by atoms with Crippen LogP contribution in [-0.2, 0) is 55.0 Å². The summed E-state index contributed by atoms with van der Waals surface area (Å²) < 4.78 is 0. The van der Waals surface area contributed by atoms with Gasteiger partial charge in [-0.15, -0.1) is 20.0 Å². The van der Waals surface area contributed by atoms with Crippen molar-refractivity contribution in [1.82, 2.24) is 0 Å². The van der Waals surface area contributed by atoms with Gasteiger partial charge in [0.05, 0.1) is 18.5 Å². The number of rotatable bonds is 10.